The van der Waals surface area contributed by atoms with E-state index in [1.54, 1.807) is 6.07 Å². The molecule has 34 heavy (non-hydrogen) atoms. The standard InChI is InChI=1S/C26H27FN4O3/c1-26(2)23(16-6-4-3-5-7-16)31(25(33)34-26)19-10-8-18(9-11-19)30-24(32)20-12-13-28-21-14-17(27)15-29-22(20)21/h3-7,12-15,18-19,23H,8-11H2,1-2H3,(H,30,32)/t18?,19?,23-/m0/s1. The number of aromatic nitrogens is 2. The van der Waals surface area contributed by atoms with Gasteiger partial charge in [-0.1, -0.05) is 30.3 Å². The Bertz CT molecular complexity index is 1230. The summed E-state index contributed by atoms with van der Waals surface area (Å²) in [5, 5.41) is 3.09. The molecule has 3 heterocycles. The zero-order chi connectivity index (χ0) is 23.9. The van der Waals surface area contributed by atoms with E-state index in [-0.39, 0.29) is 30.1 Å². The zero-order valence-electron chi connectivity index (χ0n) is 19.2. The first-order chi connectivity index (χ1) is 16.3. The molecule has 0 unspecified atom stereocenters. The van der Waals surface area contributed by atoms with Crippen molar-refractivity contribution in [2.45, 2.75) is 63.3 Å². The first kappa shape index (κ1) is 22.3. The predicted molar refractivity (Wildman–Crippen MR) is 125 cm³/mol. The fourth-order valence-corrected chi connectivity index (χ4v) is 5.28. The van der Waals surface area contributed by atoms with Gasteiger partial charge >= 0.3 is 6.09 Å². The van der Waals surface area contributed by atoms with Gasteiger partial charge < -0.3 is 10.1 Å². The van der Waals surface area contributed by atoms with E-state index in [1.807, 2.05) is 49.1 Å². The van der Waals surface area contributed by atoms with Crippen LogP contribution in [0.3, 0.4) is 0 Å². The molecule has 1 aliphatic carbocycles. The SMILES string of the molecule is CC1(C)OC(=O)N(C2CCC(NC(=O)c3ccnc4cc(F)cnc34)CC2)[C@H]1c1ccccc1. The number of hydrogen-bond donors (Lipinski definition) is 1. The fourth-order valence-electron chi connectivity index (χ4n) is 5.28. The van der Waals surface area contributed by atoms with Gasteiger partial charge in [-0.15, -0.1) is 0 Å². The van der Waals surface area contributed by atoms with Crippen molar-refractivity contribution in [2.24, 2.45) is 0 Å². The molecular weight excluding hydrogens is 435 g/mol. The molecule has 0 radical (unpaired) electrons. The predicted octanol–water partition coefficient (Wildman–Crippen LogP) is 4.78. The van der Waals surface area contributed by atoms with Gasteiger partial charge in [0, 0.05) is 24.3 Å². The van der Waals surface area contributed by atoms with Gasteiger partial charge in [-0.05, 0) is 51.2 Å². The van der Waals surface area contributed by atoms with E-state index in [0.717, 1.165) is 37.4 Å². The second-order valence-corrected chi connectivity index (χ2v) is 9.55. The molecule has 1 atom stereocenters. The second kappa shape index (κ2) is 8.66. The summed E-state index contributed by atoms with van der Waals surface area (Å²) in [5.41, 5.74) is 1.53. The first-order valence-corrected chi connectivity index (χ1v) is 11.6. The van der Waals surface area contributed by atoms with Gasteiger partial charge in [0.1, 0.15) is 16.9 Å². The summed E-state index contributed by atoms with van der Waals surface area (Å²) >= 11 is 0. The molecule has 1 saturated carbocycles. The van der Waals surface area contributed by atoms with E-state index in [9.17, 15) is 14.0 Å². The molecule has 0 bridgehead atoms. The molecule has 1 aromatic carbocycles. The maximum absolute atomic E-state index is 13.5. The third kappa shape index (κ3) is 4.08. The zero-order valence-corrected chi connectivity index (χ0v) is 19.2. The third-order valence-corrected chi connectivity index (χ3v) is 6.83. The average molecular weight is 463 g/mol. The van der Waals surface area contributed by atoms with Crippen molar-refractivity contribution >= 4 is 23.0 Å². The molecule has 7 nitrogen and oxygen atoms in total. The molecule has 2 aliphatic rings. The van der Waals surface area contributed by atoms with Crippen LogP contribution in [0, 0.1) is 5.82 Å². The number of hydrogen-bond acceptors (Lipinski definition) is 5. The molecule has 2 fully saturated rings. The molecule has 2 aromatic heterocycles. The van der Waals surface area contributed by atoms with Crippen LogP contribution in [0.2, 0.25) is 0 Å². The normalized spacial score (nSPS) is 24.1. The van der Waals surface area contributed by atoms with Crippen LogP contribution >= 0.6 is 0 Å². The summed E-state index contributed by atoms with van der Waals surface area (Å²) in [5.74, 6) is -0.743. The molecule has 1 aliphatic heterocycles. The van der Waals surface area contributed by atoms with Crippen LogP contribution in [0.15, 0.2) is 54.9 Å². The Morgan fingerprint density at radius 3 is 2.59 bits per heavy atom. The molecule has 8 heteroatoms. The molecule has 1 N–H and O–H groups in total. The molecule has 5 rings (SSSR count). The van der Waals surface area contributed by atoms with E-state index in [4.69, 9.17) is 4.74 Å². The summed E-state index contributed by atoms with van der Waals surface area (Å²) in [6.07, 6.45) is 5.30. The number of nitrogens with zero attached hydrogens (tertiary/aromatic N) is 3. The van der Waals surface area contributed by atoms with Crippen LogP contribution in [0.25, 0.3) is 11.0 Å². The minimum Gasteiger partial charge on any atom is -0.441 e. The van der Waals surface area contributed by atoms with Gasteiger partial charge in [0.15, 0.2) is 0 Å². The number of pyridine rings is 2. The van der Waals surface area contributed by atoms with Gasteiger partial charge in [-0.3, -0.25) is 19.7 Å². The van der Waals surface area contributed by atoms with Crippen LogP contribution in [-0.4, -0.2) is 44.6 Å². The molecule has 176 valence electrons. The van der Waals surface area contributed by atoms with Crippen LogP contribution < -0.4 is 5.32 Å². The third-order valence-electron chi connectivity index (χ3n) is 6.83. The molecule has 3 aromatic rings. The summed E-state index contributed by atoms with van der Waals surface area (Å²) in [6, 6.07) is 12.7. The van der Waals surface area contributed by atoms with Gasteiger partial charge in [0.05, 0.1) is 23.3 Å². The van der Waals surface area contributed by atoms with E-state index in [2.05, 4.69) is 15.3 Å². The van der Waals surface area contributed by atoms with Gasteiger partial charge in [-0.2, -0.15) is 0 Å². The largest absolute Gasteiger partial charge is 0.441 e. The smallest absolute Gasteiger partial charge is 0.411 e. The highest BCUT2D eigenvalue weighted by Gasteiger charge is 2.51. The van der Waals surface area contributed by atoms with Crippen molar-refractivity contribution in [3.8, 4) is 0 Å². The van der Waals surface area contributed by atoms with Crippen molar-refractivity contribution in [3.63, 3.8) is 0 Å². The van der Waals surface area contributed by atoms with Crippen LogP contribution in [-0.2, 0) is 4.74 Å². The van der Waals surface area contributed by atoms with Gasteiger partial charge in [0.25, 0.3) is 5.91 Å². The van der Waals surface area contributed by atoms with E-state index < -0.39 is 11.4 Å². The van der Waals surface area contributed by atoms with Crippen molar-refractivity contribution in [1.82, 2.24) is 20.2 Å². The van der Waals surface area contributed by atoms with Crippen molar-refractivity contribution in [2.75, 3.05) is 0 Å². The van der Waals surface area contributed by atoms with Gasteiger partial charge in [-0.25, -0.2) is 9.18 Å². The molecule has 1 saturated heterocycles. The Morgan fingerprint density at radius 1 is 1.12 bits per heavy atom. The number of halogens is 1. The Balaban J connectivity index is 1.28. The van der Waals surface area contributed by atoms with Crippen LogP contribution in [0.5, 0.6) is 0 Å². The first-order valence-electron chi connectivity index (χ1n) is 11.6. The summed E-state index contributed by atoms with van der Waals surface area (Å²) in [7, 11) is 0. The monoisotopic (exact) mass is 462 g/mol. The molecule has 2 amide bonds. The maximum atomic E-state index is 13.5. The van der Waals surface area contributed by atoms with E-state index in [1.165, 1.54) is 12.3 Å². The number of carbonyl (C=O) groups is 2. The maximum Gasteiger partial charge on any atom is 0.411 e. The Kier molecular flexibility index (Phi) is 5.67. The Morgan fingerprint density at radius 2 is 1.85 bits per heavy atom. The lowest BCUT2D eigenvalue weighted by Crippen LogP contribution is -2.46. The number of ether oxygens (including phenoxy) is 1. The number of benzene rings is 1. The van der Waals surface area contributed by atoms with Crippen LogP contribution in [0.1, 0.15) is 61.5 Å². The number of rotatable bonds is 4. The summed E-state index contributed by atoms with van der Waals surface area (Å²) in [4.78, 5) is 35.9. The number of fused-ring (bicyclic) bond motifs is 1. The second-order valence-electron chi connectivity index (χ2n) is 9.55. The number of carbonyl (C=O) groups excluding carboxylic acids is 2. The fraction of sp³-hybridized carbons (Fsp3) is 0.385. The number of amides is 2. The highest BCUT2D eigenvalue weighted by atomic mass is 19.1. The van der Waals surface area contributed by atoms with E-state index in [0.29, 0.717) is 16.6 Å². The highest BCUT2D eigenvalue weighted by molar-refractivity contribution is 6.04. The average Bonchev–Trinajstić information content (AvgIpc) is 3.07. The van der Waals surface area contributed by atoms with E-state index >= 15 is 0 Å². The summed E-state index contributed by atoms with van der Waals surface area (Å²) in [6.45, 7) is 3.90. The topological polar surface area (TPSA) is 84.4 Å². The molecule has 0 spiro atoms. The lowest BCUT2D eigenvalue weighted by atomic mass is 9.86. The minimum atomic E-state index is -0.627. The lowest BCUT2D eigenvalue weighted by molar-refractivity contribution is 0.0663. The highest BCUT2D eigenvalue weighted by Crippen LogP contribution is 2.44. The Labute approximate surface area is 197 Å². The molecular formula is C26H27FN4O3. The lowest BCUT2D eigenvalue weighted by Gasteiger charge is -2.38. The Hall–Kier alpha value is -3.55. The summed E-state index contributed by atoms with van der Waals surface area (Å²) < 4.78 is 19.2. The number of cyclic esters (lactones) is 1. The van der Waals surface area contributed by atoms with Crippen molar-refractivity contribution in [1.29, 1.82) is 0 Å². The van der Waals surface area contributed by atoms with Crippen molar-refractivity contribution in [3.05, 3.63) is 71.8 Å². The van der Waals surface area contributed by atoms with Gasteiger partial charge in [0.2, 0.25) is 0 Å². The number of nitrogens with one attached hydrogen (secondary N) is 1. The van der Waals surface area contributed by atoms with Crippen molar-refractivity contribution < 1.29 is 18.7 Å². The minimum absolute atomic E-state index is 0.0192. The quantitative estimate of drug-likeness (QED) is 0.603. The van der Waals surface area contributed by atoms with Crippen LogP contribution in [0.4, 0.5) is 9.18 Å².